The van der Waals surface area contributed by atoms with E-state index in [4.69, 9.17) is 4.74 Å². The Kier molecular flexibility index (Phi) is 4.79. The van der Waals surface area contributed by atoms with Crippen molar-refractivity contribution in [3.8, 4) is 11.5 Å². The van der Waals surface area contributed by atoms with E-state index in [2.05, 4.69) is 15.2 Å². The highest BCUT2D eigenvalue weighted by Crippen LogP contribution is 2.63. The van der Waals surface area contributed by atoms with Crippen LogP contribution in [0.1, 0.15) is 44.2 Å². The highest BCUT2D eigenvalue weighted by Gasteiger charge is 2.69. The van der Waals surface area contributed by atoms with E-state index < -0.39 is 23.0 Å². The maximum Gasteiger partial charge on any atom is 0.256 e. The third-order valence-electron chi connectivity index (χ3n) is 8.37. The van der Waals surface area contributed by atoms with Gasteiger partial charge in [-0.2, -0.15) is 0 Å². The lowest BCUT2D eigenvalue weighted by molar-refractivity contribution is -0.153. The SMILES string of the molecule is C/C(C(=O)Nc1nccs1)=C(/O)[C@@H]1Oc2c(O)ccc3c2[C@@]12CCN(CC1CC1)[C@H](C3)[C@@]2(C)O. The zero-order valence-electron chi connectivity index (χ0n) is 19.2. The fourth-order valence-corrected chi connectivity index (χ4v) is 6.89. The Morgan fingerprint density at radius 2 is 2.18 bits per heavy atom. The molecule has 8 nitrogen and oxygen atoms in total. The van der Waals surface area contributed by atoms with Crippen LogP contribution in [0.15, 0.2) is 35.0 Å². The molecular formula is C25H29N3O5S. The summed E-state index contributed by atoms with van der Waals surface area (Å²) in [4.78, 5) is 19.4. The van der Waals surface area contributed by atoms with Gasteiger partial charge in [-0.25, -0.2) is 4.98 Å². The molecule has 1 aromatic carbocycles. The zero-order chi connectivity index (χ0) is 23.8. The van der Waals surface area contributed by atoms with Gasteiger partial charge in [0.2, 0.25) is 0 Å². The smallest absolute Gasteiger partial charge is 0.256 e. The maximum atomic E-state index is 12.9. The fourth-order valence-electron chi connectivity index (χ4n) is 6.36. The molecule has 4 atom stereocenters. The summed E-state index contributed by atoms with van der Waals surface area (Å²) in [5.74, 6) is 0.255. The Morgan fingerprint density at radius 3 is 2.88 bits per heavy atom. The largest absolute Gasteiger partial charge is 0.508 e. The summed E-state index contributed by atoms with van der Waals surface area (Å²) in [5, 5.41) is 39.2. The zero-order valence-corrected chi connectivity index (χ0v) is 20.1. The van der Waals surface area contributed by atoms with Gasteiger partial charge in [0.1, 0.15) is 5.76 Å². The molecule has 6 rings (SSSR count). The summed E-state index contributed by atoms with van der Waals surface area (Å²) in [7, 11) is 0. The number of nitrogens with zero attached hydrogens (tertiary/aromatic N) is 2. The number of aromatic nitrogens is 1. The third kappa shape index (κ3) is 2.96. The van der Waals surface area contributed by atoms with Crippen molar-refractivity contribution in [3.63, 3.8) is 0 Å². The number of nitrogens with one attached hydrogen (secondary N) is 1. The van der Waals surface area contributed by atoms with Gasteiger partial charge in [0.15, 0.2) is 22.7 Å². The van der Waals surface area contributed by atoms with Gasteiger partial charge in [0, 0.05) is 29.7 Å². The number of aliphatic hydroxyl groups excluding tert-OH is 1. The van der Waals surface area contributed by atoms with Gasteiger partial charge in [-0.05, 0) is 63.6 Å². The highest BCUT2D eigenvalue weighted by atomic mass is 32.1. The summed E-state index contributed by atoms with van der Waals surface area (Å²) >= 11 is 1.29. The van der Waals surface area contributed by atoms with Crippen LogP contribution in [0.25, 0.3) is 0 Å². The van der Waals surface area contributed by atoms with Crippen molar-refractivity contribution in [2.24, 2.45) is 5.92 Å². The summed E-state index contributed by atoms with van der Waals surface area (Å²) in [6.45, 7) is 5.08. The average Bonchev–Trinajstić information content (AvgIpc) is 3.32. The number of amides is 1. The first-order valence-corrected chi connectivity index (χ1v) is 12.7. The van der Waals surface area contributed by atoms with Gasteiger partial charge in [-0.3, -0.25) is 15.0 Å². The van der Waals surface area contributed by atoms with Crippen LogP contribution in [0, 0.1) is 5.92 Å². The number of ether oxygens (including phenoxy) is 1. The van der Waals surface area contributed by atoms with Gasteiger partial charge in [-0.1, -0.05) is 6.07 Å². The Bertz CT molecular complexity index is 1190. The molecule has 0 radical (unpaired) electrons. The molecule has 2 aromatic rings. The molecule has 2 aliphatic carbocycles. The number of phenolic OH excluding ortho intramolecular Hbond substituents is 1. The number of phenols is 1. The lowest BCUT2D eigenvalue weighted by atomic mass is 9.53. The van der Waals surface area contributed by atoms with Gasteiger partial charge in [-0.15, -0.1) is 11.3 Å². The molecule has 180 valence electrons. The quantitative estimate of drug-likeness (QED) is 0.382. The van der Waals surface area contributed by atoms with Gasteiger partial charge in [0.05, 0.1) is 16.6 Å². The second-order valence-electron chi connectivity index (χ2n) is 10.3. The lowest BCUT2D eigenvalue weighted by Gasteiger charge is -2.59. The molecule has 0 unspecified atom stereocenters. The fraction of sp³-hybridized carbons (Fsp3) is 0.520. The predicted molar refractivity (Wildman–Crippen MR) is 127 cm³/mol. The highest BCUT2D eigenvalue weighted by molar-refractivity contribution is 7.13. The molecule has 3 heterocycles. The molecule has 2 bridgehead atoms. The summed E-state index contributed by atoms with van der Waals surface area (Å²) in [5.41, 5.74) is -0.334. The number of fused-ring (bicyclic) bond motifs is 1. The van der Waals surface area contributed by atoms with Crippen LogP contribution < -0.4 is 10.1 Å². The maximum absolute atomic E-state index is 12.9. The number of aromatic hydroxyl groups is 1. The molecule has 4 aliphatic rings. The van der Waals surface area contributed by atoms with E-state index >= 15 is 0 Å². The minimum Gasteiger partial charge on any atom is -0.508 e. The molecule has 4 N–H and O–H groups in total. The molecule has 1 aromatic heterocycles. The van der Waals surface area contributed by atoms with E-state index in [1.165, 1.54) is 24.2 Å². The molecule has 1 saturated heterocycles. The van der Waals surface area contributed by atoms with E-state index in [-0.39, 0.29) is 23.1 Å². The van der Waals surface area contributed by atoms with Crippen LogP contribution in [0.2, 0.25) is 0 Å². The molecule has 34 heavy (non-hydrogen) atoms. The van der Waals surface area contributed by atoms with Crippen molar-refractivity contribution >= 4 is 22.4 Å². The van der Waals surface area contributed by atoms with E-state index in [1.54, 1.807) is 24.6 Å². The van der Waals surface area contributed by atoms with Crippen LogP contribution in [-0.4, -0.2) is 61.9 Å². The number of hydrogen-bond acceptors (Lipinski definition) is 8. The minimum absolute atomic E-state index is 0.0204. The normalized spacial score (nSPS) is 32.6. The lowest BCUT2D eigenvalue weighted by Crippen LogP contribution is -2.73. The number of hydrogen-bond donors (Lipinski definition) is 4. The minimum atomic E-state index is -1.24. The first kappa shape index (κ1) is 21.9. The Hall–Kier alpha value is -2.62. The average molecular weight is 484 g/mol. The number of piperidine rings is 1. The number of thiazole rings is 1. The summed E-state index contributed by atoms with van der Waals surface area (Å²) < 4.78 is 6.24. The first-order valence-electron chi connectivity index (χ1n) is 11.8. The molecule has 2 fully saturated rings. The van der Waals surface area contributed by atoms with Crippen molar-refractivity contribution in [3.05, 3.63) is 46.2 Å². The van der Waals surface area contributed by atoms with Gasteiger partial charge >= 0.3 is 0 Å². The van der Waals surface area contributed by atoms with E-state index in [0.29, 0.717) is 29.6 Å². The number of aliphatic hydroxyl groups is 2. The number of likely N-dealkylation sites (tertiary alicyclic amines) is 1. The third-order valence-corrected chi connectivity index (χ3v) is 9.06. The molecule has 2 aliphatic heterocycles. The van der Waals surface area contributed by atoms with E-state index in [0.717, 1.165) is 24.2 Å². The number of carbonyl (C=O) groups is 1. The first-order chi connectivity index (χ1) is 16.2. The molecule has 9 heteroatoms. The van der Waals surface area contributed by atoms with Crippen molar-refractivity contribution in [1.29, 1.82) is 0 Å². The summed E-state index contributed by atoms with van der Waals surface area (Å²) in [6, 6.07) is 3.38. The van der Waals surface area contributed by atoms with Crippen molar-refractivity contribution in [1.82, 2.24) is 9.88 Å². The number of rotatable bonds is 5. The second-order valence-corrected chi connectivity index (χ2v) is 11.2. The van der Waals surface area contributed by atoms with E-state index in [9.17, 15) is 20.1 Å². The van der Waals surface area contributed by atoms with E-state index in [1.807, 2.05) is 13.0 Å². The molecular weight excluding hydrogens is 454 g/mol. The van der Waals surface area contributed by atoms with Gasteiger partial charge < -0.3 is 20.1 Å². The Labute approximate surface area is 201 Å². The second kappa shape index (κ2) is 7.44. The molecule has 1 amide bonds. The standard InChI is InChI=1S/C25H29N3O5S/c1-13(22(31)27-23-26-8-10-34-23)19(30)21-25-7-9-28(12-14-3-4-14)17(24(25,2)32)11-15-5-6-16(29)20(33-21)18(15)25/h5-6,8,10,14,17,21,29-30,32H,3-4,7,9,11-12H2,1-2H3,(H,26,27,31)/b19-13-/t17-,21+,24-,25+/m1/s1. The van der Waals surface area contributed by atoms with Crippen LogP contribution in [-0.2, 0) is 16.6 Å². The van der Waals surface area contributed by atoms with Crippen LogP contribution >= 0.6 is 11.3 Å². The van der Waals surface area contributed by atoms with Gasteiger partial charge in [0.25, 0.3) is 5.91 Å². The number of carbonyl (C=O) groups excluding carboxylic acids is 1. The summed E-state index contributed by atoms with van der Waals surface area (Å²) in [6.07, 6.45) is 4.25. The van der Waals surface area contributed by atoms with Crippen molar-refractivity contribution < 1.29 is 24.9 Å². The monoisotopic (exact) mass is 483 g/mol. The van der Waals surface area contributed by atoms with Crippen LogP contribution in [0.4, 0.5) is 5.13 Å². The Morgan fingerprint density at radius 1 is 1.38 bits per heavy atom. The number of anilines is 1. The molecule has 1 spiro atoms. The molecule has 1 saturated carbocycles. The van der Waals surface area contributed by atoms with Crippen molar-refractivity contribution in [2.75, 3.05) is 18.4 Å². The predicted octanol–water partition coefficient (Wildman–Crippen LogP) is 3.11. The number of benzene rings is 1. The Balaban J connectivity index is 1.45. The van der Waals surface area contributed by atoms with Crippen molar-refractivity contribution in [2.45, 2.75) is 62.7 Å². The van der Waals surface area contributed by atoms with Crippen LogP contribution in [0.3, 0.4) is 0 Å². The topological polar surface area (TPSA) is 115 Å². The van der Waals surface area contributed by atoms with Crippen LogP contribution in [0.5, 0.6) is 11.5 Å².